The van der Waals surface area contributed by atoms with E-state index in [2.05, 4.69) is 0 Å². The molecule has 0 aliphatic rings. The summed E-state index contributed by atoms with van der Waals surface area (Å²) in [7, 11) is 0. The highest BCUT2D eigenvalue weighted by Crippen LogP contribution is 2.25. The Labute approximate surface area is 114 Å². The molecule has 0 aliphatic heterocycles. The molecule has 0 heterocycles. The number of nitro benzene ring substituents is 1. The number of benzene rings is 1. The van der Waals surface area contributed by atoms with Crippen LogP contribution in [0, 0.1) is 21.4 Å². The van der Waals surface area contributed by atoms with Crippen LogP contribution in [-0.4, -0.2) is 17.5 Å². The zero-order valence-corrected chi connectivity index (χ0v) is 10.6. The first-order valence-electron chi connectivity index (χ1n) is 5.53. The van der Waals surface area contributed by atoms with E-state index in [-0.39, 0.29) is 34.8 Å². The molecule has 4 N–H and O–H groups in total. The summed E-state index contributed by atoms with van der Waals surface area (Å²) in [6.07, 6.45) is 0. The van der Waals surface area contributed by atoms with Gasteiger partial charge < -0.3 is 16.2 Å². The Hall–Kier alpha value is -3.08. The van der Waals surface area contributed by atoms with Crippen molar-refractivity contribution in [3.8, 4) is 6.07 Å². The monoisotopic (exact) mass is 276 g/mol. The van der Waals surface area contributed by atoms with Gasteiger partial charge in [-0.1, -0.05) is 0 Å². The molecule has 1 rings (SSSR count). The van der Waals surface area contributed by atoms with E-state index in [0.717, 1.165) is 12.1 Å². The molecule has 0 saturated heterocycles. The molecule has 0 unspecified atom stereocenters. The number of nitro groups is 1. The van der Waals surface area contributed by atoms with Crippen molar-refractivity contribution in [1.82, 2.24) is 0 Å². The number of ether oxygens (including phenoxy) is 1. The highest BCUT2D eigenvalue weighted by atomic mass is 16.6. The summed E-state index contributed by atoms with van der Waals surface area (Å²) in [4.78, 5) is 21.8. The highest BCUT2D eigenvalue weighted by Gasteiger charge is 2.21. The number of nitrogens with zero attached hydrogens (tertiary/aromatic N) is 2. The van der Waals surface area contributed by atoms with E-state index >= 15 is 0 Å². The largest absolute Gasteiger partial charge is 0.462 e. The summed E-state index contributed by atoms with van der Waals surface area (Å²) < 4.78 is 4.80. The minimum Gasteiger partial charge on any atom is -0.462 e. The van der Waals surface area contributed by atoms with Crippen molar-refractivity contribution < 1.29 is 14.5 Å². The van der Waals surface area contributed by atoms with Gasteiger partial charge in [-0.25, -0.2) is 4.79 Å². The summed E-state index contributed by atoms with van der Waals surface area (Å²) in [5.74, 6) is -1.12. The first kappa shape index (κ1) is 15.0. The molecule has 0 fully saturated rings. The third-order valence-electron chi connectivity index (χ3n) is 2.37. The highest BCUT2D eigenvalue weighted by molar-refractivity contribution is 6.18. The van der Waals surface area contributed by atoms with Crippen LogP contribution in [0.4, 0.5) is 5.69 Å². The quantitative estimate of drug-likeness (QED) is 0.354. The number of hydrogen-bond acceptors (Lipinski definition) is 7. The number of nitriles is 1. The normalized spacial score (nSPS) is 9.40. The molecule has 0 radical (unpaired) electrons. The van der Waals surface area contributed by atoms with Crippen LogP contribution in [0.15, 0.2) is 24.0 Å². The van der Waals surface area contributed by atoms with Gasteiger partial charge in [0.1, 0.15) is 17.5 Å². The van der Waals surface area contributed by atoms with E-state index in [0.29, 0.717) is 0 Å². The Morgan fingerprint density at radius 1 is 1.50 bits per heavy atom. The lowest BCUT2D eigenvalue weighted by atomic mass is 9.99. The lowest BCUT2D eigenvalue weighted by Crippen LogP contribution is -2.19. The van der Waals surface area contributed by atoms with Crippen molar-refractivity contribution in [1.29, 1.82) is 5.26 Å². The van der Waals surface area contributed by atoms with Crippen LogP contribution in [0.2, 0.25) is 0 Å². The third-order valence-corrected chi connectivity index (χ3v) is 2.37. The zero-order valence-electron chi connectivity index (χ0n) is 10.6. The van der Waals surface area contributed by atoms with Gasteiger partial charge in [0.15, 0.2) is 0 Å². The van der Waals surface area contributed by atoms with Crippen LogP contribution in [0.3, 0.4) is 0 Å². The van der Waals surface area contributed by atoms with Crippen molar-refractivity contribution in [2.24, 2.45) is 11.5 Å². The van der Waals surface area contributed by atoms with Gasteiger partial charge in [0, 0.05) is 17.7 Å². The molecule has 0 saturated carbocycles. The fourth-order valence-electron chi connectivity index (χ4n) is 1.54. The minimum absolute atomic E-state index is 0.0874. The zero-order chi connectivity index (χ0) is 15.3. The van der Waals surface area contributed by atoms with Crippen LogP contribution >= 0.6 is 0 Å². The number of esters is 1. The van der Waals surface area contributed by atoms with Gasteiger partial charge in [0.25, 0.3) is 5.69 Å². The molecule has 1 aromatic rings. The van der Waals surface area contributed by atoms with Gasteiger partial charge in [-0.2, -0.15) is 5.26 Å². The average molecular weight is 276 g/mol. The summed E-state index contributed by atoms with van der Waals surface area (Å²) in [6.45, 7) is 1.70. The minimum atomic E-state index is -0.794. The van der Waals surface area contributed by atoms with Gasteiger partial charge in [0.2, 0.25) is 0 Å². The standard InChI is InChI=1S/C12H12N4O4/c1-2-20-12(17)10(11(14)15)9-4-3-8(16(18)19)5-7(9)6-13/h3-5H,2,14-15H2,1H3. The predicted octanol–water partition coefficient (Wildman–Crippen LogP) is 0.616. The van der Waals surface area contributed by atoms with Crippen LogP contribution in [0.5, 0.6) is 0 Å². The van der Waals surface area contributed by atoms with Crippen molar-refractivity contribution in [3.05, 3.63) is 45.3 Å². The lowest BCUT2D eigenvalue weighted by molar-refractivity contribution is -0.384. The summed E-state index contributed by atoms with van der Waals surface area (Å²) in [5.41, 5.74) is 10.4. The Kier molecular flexibility index (Phi) is 4.64. The SMILES string of the molecule is CCOC(=O)C(=C(N)N)c1ccc([N+](=O)[O-])cc1C#N. The van der Waals surface area contributed by atoms with Crippen molar-refractivity contribution in [2.45, 2.75) is 6.92 Å². The molecule has 1 aromatic carbocycles. The first-order valence-corrected chi connectivity index (χ1v) is 5.53. The molecule has 0 atom stereocenters. The van der Waals surface area contributed by atoms with E-state index in [1.807, 2.05) is 0 Å². The number of rotatable bonds is 4. The lowest BCUT2D eigenvalue weighted by Gasteiger charge is -2.10. The Morgan fingerprint density at radius 2 is 2.15 bits per heavy atom. The maximum Gasteiger partial charge on any atom is 0.342 e. The van der Waals surface area contributed by atoms with Crippen LogP contribution < -0.4 is 11.5 Å². The summed E-state index contributed by atoms with van der Waals surface area (Å²) >= 11 is 0. The van der Waals surface area contributed by atoms with Crippen molar-refractivity contribution in [2.75, 3.05) is 6.61 Å². The Balaban J connectivity index is 3.44. The topological polar surface area (TPSA) is 145 Å². The number of non-ortho nitro benzene ring substituents is 1. The van der Waals surface area contributed by atoms with Crippen molar-refractivity contribution in [3.63, 3.8) is 0 Å². The van der Waals surface area contributed by atoms with Gasteiger partial charge in [-0.15, -0.1) is 0 Å². The first-order chi connectivity index (χ1) is 9.42. The molecule has 0 aliphatic carbocycles. The van der Waals surface area contributed by atoms with Gasteiger partial charge in [-0.3, -0.25) is 10.1 Å². The Morgan fingerprint density at radius 3 is 2.60 bits per heavy atom. The van der Waals surface area contributed by atoms with Crippen LogP contribution in [0.1, 0.15) is 18.1 Å². The smallest absolute Gasteiger partial charge is 0.342 e. The van der Waals surface area contributed by atoms with E-state index in [4.69, 9.17) is 21.5 Å². The van der Waals surface area contributed by atoms with Gasteiger partial charge >= 0.3 is 5.97 Å². The van der Waals surface area contributed by atoms with E-state index in [1.54, 1.807) is 13.0 Å². The fourth-order valence-corrected chi connectivity index (χ4v) is 1.54. The summed E-state index contributed by atoms with van der Waals surface area (Å²) in [6, 6.07) is 5.19. The predicted molar refractivity (Wildman–Crippen MR) is 69.7 cm³/mol. The molecule has 8 nitrogen and oxygen atoms in total. The molecular formula is C12H12N4O4. The molecule has 0 bridgehead atoms. The number of nitrogens with two attached hydrogens (primary N) is 2. The molecule has 0 aromatic heterocycles. The second kappa shape index (κ2) is 6.19. The molecule has 8 heteroatoms. The molecule has 104 valence electrons. The fraction of sp³-hybridized carbons (Fsp3) is 0.167. The second-order valence-corrected chi connectivity index (χ2v) is 3.65. The maximum atomic E-state index is 11.8. The van der Waals surface area contributed by atoms with E-state index < -0.39 is 10.9 Å². The molecule has 20 heavy (non-hydrogen) atoms. The van der Waals surface area contributed by atoms with Crippen LogP contribution in [-0.2, 0) is 9.53 Å². The average Bonchev–Trinajstić information content (AvgIpc) is 2.38. The second-order valence-electron chi connectivity index (χ2n) is 3.65. The third kappa shape index (κ3) is 3.02. The molecular weight excluding hydrogens is 264 g/mol. The summed E-state index contributed by atoms with van der Waals surface area (Å²) in [5, 5.41) is 19.7. The van der Waals surface area contributed by atoms with Crippen LogP contribution in [0.25, 0.3) is 5.57 Å². The number of hydrogen-bond donors (Lipinski definition) is 2. The van der Waals surface area contributed by atoms with Gasteiger partial charge in [-0.05, 0) is 13.0 Å². The molecule has 0 amide bonds. The van der Waals surface area contributed by atoms with E-state index in [9.17, 15) is 14.9 Å². The number of carbonyl (C=O) groups is 1. The maximum absolute atomic E-state index is 11.8. The van der Waals surface area contributed by atoms with Gasteiger partial charge in [0.05, 0.1) is 17.1 Å². The Bertz CT molecular complexity index is 627. The van der Waals surface area contributed by atoms with Crippen molar-refractivity contribution >= 4 is 17.2 Å². The molecule has 0 spiro atoms. The van der Waals surface area contributed by atoms with E-state index in [1.165, 1.54) is 6.07 Å². The number of carbonyl (C=O) groups excluding carboxylic acids is 1.